The molecular formula is C29H26BrN3O2S. The zero-order valence-corrected chi connectivity index (χ0v) is 23.5. The van der Waals surface area contributed by atoms with Gasteiger partial charge in [-0.25, -0.2) is 4.99 Å². The number of fused-ring (bicyclic) bond motifs is 1. The Labute approximate surface area is 224 Å². The molecule has 0 unspecified atom stereocenters. The summed E-state index contributed by atoms with van der Waals surface area (Å²) in [5.41, 5.74) is 9.02. The first-order chi connectivity index (χ1) is 17.1. The van der Waals surface area contributed by atoms with Crippen molar-refractivity contribution < 1.29 is 9.59 Å². The molecule has 0 N–H and O–H groups in total. The molecule has 0 aliphatic carbocycles. The van der Waals surface area contributed by atoms with Crippen LogP contribution in [0.25, 0.3) is 5.57 Å². The summed E-state index contributed by atoms with van der Waals surface area (Å²) in [6, 6.07) is 15.8. The van der Waals surface area contributed by atoms with Gasteiger partial charge in [-0.3, -0.25) is 14.5 Å². The van der Waals surface area contributed by atoms with Gasteiger partial charge in [0.1, 0.15) is 0 Å². The third kappa shape index (κ3) is 4.00. The minimum Gasteiger partial charge on any atom is -0.310 e. The van der Waals surface area contributed by atoms with Crippen molar-refractivity contribution in [1.82, 2.24) is 0 Å². The standard InChI is InChI=1S/C29H26BrN3O2S/c1-15-7-9-21(12-17(15)3)31-29-33(22-10-8-16(2)18(4)13-22)28(35)26(36-29)24-23-14-20(30)11-19(5)25(23)32(6)27(24)34/h7-14H,1-6H3/b26-24-,31-29?. The quantitative estimate of drug-likeness (QED) is 0.313. The highest BCUT2D eigenvalue weighted by Crippen LogP contribution is 2.47. The molecule has 5 rings (SSSR count). The zero-order chi connectivity index (χ0) is 25.9. The fraction of sp³-hybridized carbons (Fsp3) is 0.207. The highest BCUT2D eigenvalue weighted by Gasteiger charge is 2.43. The zero-order valence-electron chi connectivity index (χ0n) is 21.1. The normalized spacial score (nSPS) is 18.6. The molecule has 0 spiro atoms. The Kier molecular flexibility index (Phi) is 6.17. The Bertz CT molecular complexity index is 1540. The predicted molar refractivity (Wildman–Crippen MR) is 153 cm³/mol. The lowest BCUT2D eigenvalue weighted by Gasteiger charge is -2.17. The van der Waals surface area contributed by atoms with Crippen LogP contribution < -0.4 is 9.80 Å². The lowest BCUT2D eigenvalue weighted by molar-refractivity contribution is -0.115. The van der Waals surface area contributed by atoms with Crippen molar-refractivity contribution in [1.29, 1.82) is 0 Å². The number of hydrogen-bond donors (Lipinski definition) is 0. The van der Waals surface area contributed by atoms with Gasteiger partial charge in [-0.2, -0.15) is 0 Å². The van der Waals surface area contributed by atoms with Gasteiger partial charge in [-0.15, -0.1) is 0 Å². The Morgan fingerprint density at radius 2 is 1.44 bits per heavy atom. The molecule has 3 aromatic rings. The van der Waals surface area contributed by atoms with Crippen LogP contribution >= 0.6 is 27.7 Å². The van der Waals surface area contributed by atoms with Crippen LogP contribution in [0.5, 0.6) is 0 Å². The fourth-order valence-corrected chi connectivity index (χ4v) is 6.24. The number of thioether (sulfide) groups is 1. The van der Waals surface area contributed by atoms with E-state index in [1.165, 1.54) is 17.3 Å². The maximum atomic E-state index is 14.0. The first kappa shape index (κ1) is 24.5. The number of likely N-dealkylation sites (N-methyl/N-ethyl adjacent to an activating group) is 1. The summed E-state index contributed by atoms with van der Waals surface area (Å²) >= 11 is 4.82. The molecule has 0 saturated carbocycles. The summed E-state index contributed by atoms with van der Waals surface area (Å²) < 4.78 is 0.866. The summed E-state index contributed by atoms with van der Waals surface area (Å²) in [5.74, 6) is -0.428. The third-order valence-corrected chi connectivity index (χ3v) is 8.36. The number of nitrogens with zero attached hydrogens (tertiary/aromatic N) is 3. The molecule has 2 amide bonds. The van der Waals surface area contributed by atoms with Crippen molar-refractivity contribution in [2.45, 2.75) is 34.6 Å². The highest BCUT2D eigenvalue weighted by atomic mass is 79.9. The van der Waals surface area contributed by atoms with E-state index < -0.39 is 0 Å². The molecule has 5 nitrogen and oxygen atoms in total. The van der Waals surface area contributed by atoms with Gasteiger partial charge in [0.15, 0.2) is 5.17 Å². The molecule has 1 saturated heterocycles. The van der Waals surface area contributed by atoms with E-state index in [9.17, 15) is 9.59 Å². The van der Waals surface area contributed by atoms with E-state index in [1.54, 1.807) is 16.8 Å². The molecule has 0 atom stereocenters. The number of hydrogen-bond acceptors (Lipinski definition) is 4. The number of carbonyl (C=O) groups excluding carboxylic acids is 2. The van der Waals surface area contributed by atoms with Crippen LogP contribution in [0.2, 0.25) is 0 Å². The van der Waals surface area contributed by atoms with Gasteiger partial charge in [0.25, 0.3) is 11.8 Å². The maximum Gasteiger partial charge on any atom is 0.272 e. The van der Waals surface area contributed by atoms with Crippen LogP contribution in [-0.2, 0) is 9.59 Å². The smallest absolute Gasteiger partial charge is 0.272 e. The van der Waals surface area contributed by atoms with Crippen molar-refractivity contribution >= 4 is 67.3 Å². The molecule has 0 aromatic heterocycles. The van der Waals surface area contributed by atoms with E-state index in [1.807, 2.05) is 76.2 Å². The maximum absolute atomic E-state index is 14.0. The van der Waals surface area contributed by atoms with Gasteiger partial charge in [0.2, 0.25) is 0 Å². The van der Waals surface area contributed by atoms with Gasteiger partial charge in [-0.05, 0) is 111 Å². The van der Waals surface area contributed by atoms with E-state index in [0.717, 1.165) is 49.4 Å². The first-order valence-electron chi connectivity index (χ1n) is 11.6. The molecule has 1 fully saturated rings. The van der Waals surface area contributed by atoms with Crippen molar-refractivity contribution in [3.63, 3.8) is 0 Å². The fourth-order valence-electron chi connectivity index (χ4n) is 4.57. The number of rotatable bonds is 2. The summed E-state index contributed by atoms with van der Waals surface area (Å²) in [6.45, 7) is 10.1. The molecule has 0 bridgehead atoms. The van der Waals surface area contributed by atoms with Crippen LogP contribution in [0, 0.1) is 34.6 Å². The third-order valence-electron chi connectivity index (χ3n) is 6.86. The summed E-state index contributed by atoms with van der Waals surface area (Å²) in [6.07, 6.45) is 0. The molecule has 0 radical (unpaired) electrons. The van der Waals surface area contributed by atoms with E-state index in [-0.39, 0.29) is 11.8 Å². The number of amidine groups is 1. The SMILES string of the molecule is Cc1ccc(N=C2S/C(=C3\C(=O)N(C)c4c(C)cc(Br)cc43)C(=O)N2c2ccc(C)c(C)c2)cc1C. The van der Waals surface area contributed by atoms with Gasteiger partial charge in [0, 0.05) is 17.1 Å². The van der Waals surface area contributed by atoms with Gasteiger partial charge < -0.3 is 4.90 Å². The Hall–Kier alpha value is -3.16. The van der Waals surface area contributed by atoms with E-state index >= 15 is 0 Å². The van der Waals surface area contributed by atoms with Crippen LogP contribution in [0.1, 0.15) is 33.4 Å². The lowest BCUT2D eigenvalue weighted by Crippen LogP contribution is -2.29. The summed E-state index contributed by atoms with van der Waals surface area (Å²) in [7, 11) is 1.75. The molecule has 2 aliphatic heterocycles. The van der Waals surface area contributed by atoms with Crippen LogP contribution in [0.4, 0.5) is 17.1 Å². The Morgan fingerprint density at radius 3 is 2.11 bits per heavy atom. The number of halogens is 1. The molecule has 2 aliphatic rings. The second-order valence-corrected chi connectivity index (χ2v) is 11.3. The van der Waals surface area contributed by atoms with Crippen molar-refractivity contribution in [2.24, 2.45) is 4.99 Å². The van der Waals surface area contributed by atoms with Gasteiger partial charge in [0.05, 0.1) is 27.5 Å². The predicted octanol–water partition coefficient (Wildman–Crippen LogP) is 7.15. The van der Waals surface area contributed by atoms with E-state index in [4.69, 9.17) is 4.99 Å². The molecule has 36 heavy (non-hydrogen) atoms. The number of aryl methyl sites for hydroxylation is 5. The van der Waals surface area contributed by atoms with E-state index in [2.05, 4.69) is 22.9 Å². The van der Waals surface area contributed by atoms with Crippen molar-refractivity contribution in [2.75, 3.05) is 16.8 Å². The van der Waals surface area contributed by atoms with Crippen LogP contribution in [0.15, 0.2) is 62.9 Å². The van der Waals surface area contributed by atoms with Crippen LogP contribution in [0.3, 0.4) is 0 Å². The molecule has 3 aromatic carbocycles. The number of aliphatic imine (C=N–C) groups is 1. The minimum atomic E-state index is -0.243. The average Bonchev–Trinajstić information content (AvgIpc) is 3.25. The molecule has 7 heteroatoms. The summed E-state index contributed by atoms with van der Waals surface area (Å²) in [5, 5.41) is 0.532. The monoisotopic (exact) mass is 559 g/mol. The molecule has 2 heterocycles. The summed E-state index contributed by atoms with van der Waals surface area (Å²) in [4.78, 5) is 36.0. The highest BCUT2D eigenvalue weighted by molar-refractivity contribution is 9.10. The number of anilines is 2. The van der Waals surface area contributed by atoms with Gasteiger partial charge in [-0.1, -0.05) is 28.1 Å². The van der Waals surface area contributed by atoms with Crippen molar-refractivity contribution in [3.05, 3.63) is 91.3 Å². The molecule has 182 valence electrons. The number of benzene rings is 3. The largest absolute Gasteiger partial charge is 0.310 e. The van der Waals surface area contributed by atoms with Crippen molar-refractivity contribution in [3.8, 4) is 0 Å². The second kappa shape index (κ2) is 9.05. The Balaban J connectivity index is 1.73. The van der Waals surface area contributed by atoms with Crippen LogP contribution in [-0.4, -0.2) is 24.0 Å². The average molecular weight is 561 g/mol. The Morgan fingerprint density at radius 1 is 0.778 bits per heavy atom. The number of carbonyl (C=O) groups is 2. The van der Waals surface area contributed by atoms with Gasteiger partial charge >= 0.3 is 0 Å². The van der Waals surface area contributed by atoms with E-state index in [0.29, 0.717) is 15.6 Å². The minimum absolute atomic E-state index is 0.186. The number of amides is 2. The first-order valence-corrected chi connectivity index (χ1v) is 13.3. The lowest BCUT2D eigenvalue weighted by atomic mass is 10.0. The topological polar surface area (TPSA) is 53.0 Å². The second-order valence-electron chi connectivity index (χ2n) is 9.36. The molecular weight excluding hydrogens is 534 g/mol.